The maximum absolute atomic E-state index is 11.7. The van der Waals surface area contributed by atoms with Crippen LogP contribution in [0.5, 0.6) is 5.75 Å². The molecule has 0 aliphatic carbocycles. The van der Waals surface area contributed by atoms with E-state index in [4.69, 9.17) is 4.74 Å². The van der Waals surface area contributed by atoms with E-state index in [9.17, 15) is 24.8 Å². The second kappa shape index (κ2) is 6.21. The van der Waals surface area contributed by atoms with Crippen molar-refractivity contribution in [3.05, 3.63) is 33.9 Å². The molecule has 0 bridgehead atoms. The number of benzene rings is 1. The van der Waals surface area contributed by atoms with Gasteiger partial charge in [-0.15, -0.1) is 0 Å². The van der Waals surface area contributed by atoms with Gasteiger partial charge in [-0.3, -0.25) is 14.9 Å². The number of hydrogen-bond acceptors (Lipinski definition) is 7. The van der Waals surface area contributed by atoms with Gasteiger partial charge in [0.05, 0.1) is 10.3 Å². The number of carbonyl (C=O) groups is 2. The molecule has 8 heteroatoms. The number of aromatic hydroxyl groups is 1. The molecule has 0 saturated carbocycles. The van der Waals surface area contributed by atoms with Crippen molar-refractivity contribution in [2.24, 2.45) is 5.41 Å². The molecule has 0 aliphatic heterocycles. The average molecular weight is 297 g/mol. The number of esters is 2. The predicted molar refractivity (Wildman–Crippen MR) is 70.6 cm³/mol. The lowest BCUT2D eigenvalue weighted by molar-refractivity contribution is -0.384. The van der Waals surface area contributed by atoms with E-state index in [0.29, 0.717) is 0 Å². The second-order valence-electron chi connectivity index (χ2n) is 5.19. The summed E-state index contributed by atoms with van der Waals surface area (Å²) >= 11 is 0. The molecular formula is C13H15NO7. The van der Waals surface area contributed by atoms with Crippen LogP contribution in [0.15, 0.2) is 18.2 Å². The van der Waals surface area contributed by atoms with Gasteiger partial charge in [-0.2, -0.15) is 0 Å². The zero-order valence-electron chi connectivity index (χ0n) is 11.8. The van der Waals surface area contributed by atoms with Crippen LogP contribution in [-0.2, 0) is 14.3 Å². The molecule has 0 amide bonds. The Hall–Kier alpha value is -2.64. The molecule has 0 heterocycles. The maximum atomic E-state index is 11.7. The molecule has 8 nitrogen and oxygen atoms in total. The number of nitrogens with zero attached hydrogens (tertiary/aromatic N) is 1. The molecule has 114 valence electrons. The highest BCUT2D eigenvalue weighted by Gasteiger charge is 2.24. The summed E-state index contributed by atoms with van der Waals surface area (Å²) in [6.07, 6.45) is 0. The largest absolute Gasteiger partial charge is 0.507 e. The minimum absolute atomic E-state index is 0.369. The van der Waals surface area contributed by atoms with Crippen LogP contribution in [0.3, 0.4) is 0 Å². The van der Waals surface area contributed by atoms with Gasteiger partial charge in [0.2, 0.25) is 6.79 Å². The Morgan fingerprint density at radius 1 is 1.29 bits per heavy atom. The standard InChI is InChI=1S/C13H15NO7/c1-13(2,3)12(17)21-7-20-11(16)9-6-8(14(18)19)4-5-10(9)15/h4-6,15H,7H2,1-3H3. The number of phenolic OH excluding ortho intramolecular Hbond substituents is 1. The van der Waals surface area contributed by atoms with Gasteiger partial charge in [0.1, 0.15) is 11.3 Å². The van der Waals surface area contributed by atoms with E-state index in [0.717, 1.165) is 18.2 Å². The number of hydrogen-bond donors (Lipinski definition) is 1. The highest BCUT2D eigenvalue weighted by Crippen LogP contribution is 2.23. The minimum Gasteiger partial charge on any atom is -0.507 e. The molecule has 0 saturated heterocycles. The SMILES string of the molecule is CC(C)(C)C(=O)OCOC(=O)c1cc([N+](=O)[O-])ccc1O. The van der Waals surface area contributed by atoms with Crippen LogP contribution in [0.2, 0.25) is 0 Å². The normalized spacial score (nSPS) is 10.8. The van der Waals surface area contributed by atoms with Crippen molar-refractivity contribution >= 4 is 17.6 Å². The quantitative estimate of drug-likeness (QED) is 0.391. The summed E-state index contributed by atoms with van der Waals surface area (Å²) in [4.78, 5) is 33.0. The van der Waals surface area contributed by atoms with E-state index in [1.54, 1.807) is 20.8 Å². The lowest BCUT2D eigenvalue weighted by atomic mass is 9.98. The van der Waals surface area contributed by atoms with Crippen LogP contribution in [0.25, 0.3) is 0 Å². The van der Waals surface area contributed by atoms with Gasteiger partial charge in [0.15, 0.2) is 0 Å². The first-order valence-electron chi connectivity index (χ1n) is 5.94. The highest BCUT2D eigenvalue weighted by molar-refractivity contribution is 5.93. The summed E-state index contributed by atoms with van der Waals surface area (Å²) in [5, 5.41) is 20.1. The summed E-state index contributed by atoms with van der Waals surface area (Å²) in [5.41, 5.74) is -1.50. The molecule has 1 aromatic carbocycles. The van der Waals surface area contributed by atoms with Gasteiger partial charge >= 0.3 is 11.9 Å². The molecule has 0 atom stereocenters. The first-order chi connectivity index (χ1) is 9.62. The summed E-state index contributed by atoms with van der Waals surface area (Å²) in [6, 6.07) is 2.94. The first-order valence-corrected chi connectivity index (χ1v) is 5.94. The summed E-state index contributed by atoms with van der Waals surface area (Å²) in [7, 11) is 0. The molecule has 0 radical (unpaired) electrons. The van der Waals surface area contributed by atoms with Crippen molar-refractivity contribution in [2.75, 3.05) is 6.79 Å². The summed E-state index contributed by atoms with van der Waals surface area (Å²) in [6.45, 7) is 4.24. The third-order valence-electron chi connectivity index (χ3n) is 2.40. The van der Waals surface area contributed by atoms with Crippen LogP contribution in [0.1, 0.15) is 31.1 Å². The molecule has 1 N–H and O–H groups in total. The Labute approximate surface area is 120 Å². The molecule has 0 spiro atoms. The highest BCUT2D eigenvalue weighted by atomic mass is 16.7. The van der Waals surface area contributed by atoms with Crippen molar-refractivity contribution in [1.82, 2.24) is 0 Å². The Balaban J connectivity index is 2.70. The Bertz CT molecular complexity index is 574. The Morgan fingerprint density at radius 2 is 1.90 bits per heavy atom. The smallest absolute Gasteiger partial charge is 0.345 e. The molecule has 0 aromatic heterocycles. The van der Waals surface area contributed by atoms with E-state index in [-0.39, 0.29) is 11.3 Å². The number of nitro benzene ring substituents is 1. The van der Waals surface area contributed by atoms with Crippen molar-refractivity contribution in [2.45, 2.75) is 20.8 Å². The van der Waals surface area contributed by atoms with E-state index >= 15 is 0 Å². The Morgan fingerprint density at radius 3 is 2.43 bits per heavy atom. The third kappa shape index (κ3) is 4.44. The fraction of sp³-hybridized carbons (Fsp3) is 0.385. The molecule has 0 fully saturated rings. The average Bonchev–Trinajstić information content (AvgIpc) is 2.37. The van der Waals surface area contributed by atoms with Crippen molar-refractivity contribution in [3.8, 4) is 5.75 Å². The molecule has 0 unspecified atom stereocenters. The maximum Gasteiger partial charge on any atom is 0.345 e. The number of nitro groups is 1. The molecular weight excluding hydrogens is 282 g/mol. The lowest BCUT2D eigenvalue weighted by Crippen LogP contribution is -2.24. The van der Waals surface area contributed by atoms with Crippen molar-refractivity contribution in [1.29, 1.82) is 0 Å². The topological polar surface area (TPSA) is 116 Å². The number of non-ortho nitro benzene ring substituents is 1. The fourth-order valence-corrected chi connectivity index (χ4v) is 1.23. The van der Waals surface area contributed by atoms with E-state index in [2.05, 4.69) is 4.74 Å². The van der Waals surface area contributed by atoms with Crippen molar-refractivity contribution in [3.63, 3.8) is 0 Å². The van der Waals surface area contributed by atoms with Crippen LogP contribution in [-0.4, -0.2) is 28.8 Å². The monoisotopic (exact) mass is 297 g/mol. The predicted octanol–water partition coefficient (Wildman–Crippen LogP) is 2.00. The van der Waals surface area contributed by atoms with Gasteiger partial charge < -0.3 is 14.6 Å². The number of rotatable bonds is 4. The second-order valence-corrected chi connectivity index (χ2v) is 5.19. The van der Waals surface area contributed by atoms with Gasteiger partial charge in [0.25, 0.3) is 5.69 Å². The third-order valence-corrected chi connectivity index (χ3v) is 2.40. The van der Waals surface area contributed by atoms with Crippen LogP contribution < -0.4 is 0 Å². The zero-order valence-corrected chi connectivity index (χ0v) is 11.8. The molecule has 1 aromatic rings. The van der Waals surface area contributed by atoms with Gasteiger partial charge in [-0.05, 0) is 26.8 Å². The molecule has 21 heavy (non-hydrogen) atoms. The fourth-order valence-electron chi connectivity index (χ4n) is 1.23. The van der Waals surface area contributed by atoms with E-state index in [1.165, 1.54) is 0 Å². The number of ether oxygens (including phenoxy) is 2. The minimum atomic E-state index is -1.03. The van der Waals surface area contributed by atoms with E-state index in [1.807, 2.05) is 0 Å². The first kappa shape index (κ1) is 16.4. The van der Waals surface area contributed by atoms with E-state index < -0.39 is 34.8 Å². The lowest BCUT2D eigenvalue weighted by Gasteiger charge is -2.16. The van der Waals surface area contributed by atoms with Crippen LogP contribution in [0.4, 0.5) is 5.69 Å². The van der Waals surface area contributed by atoms with Crippen LogP contribution in [0, 0.1) is 15.5 Å². The zero-order chi connectivity index (χ0) is 16.2. The Kier molecular flexibility index (Phi) is 4.85. The number of carbonyl (C=O) groups excluding carboxylic acids is 2. The van der Waals surface area contributed by atoms with Crippen LogP contribution >= 0.6 is 0 Å². The summed E-state index contributed by atoms with van der Waals surface area (Å²) < 4.78 is 9.36. The van der Waals surface area contributed by atoms with Gasteiger partial charge in [-0.1, -0.05) is 0 Å². The molecule has 1 rings (SSSR count). The summed E-state index contributed by atoms with van der Waals surface area (Å²) in [5.74, 6) is -2.07. The van der Waals surface area contributed by atoms with Gasteiger partial charge in [0, 0.05) is 12.1 Å². The van der Waals surface area contributed by atoms with Gasteiger partial charge in [-0.25, -0.2) is 4.79 Å². The number of phenols is 1. The molecule has 0 aliphatic rings. The van der Waals surface area contributed by atoms with Crippen molar-refractivity contribution < 1.29 is 29.1 Å².